The zero-order chi connectivity index (χ0) is 20.1. The second-order valence-electron chi connectivity index (χ2n) is 6.68. The number of hydrogen-bond donors (Lipinski definition) is 0. The van der Waals surface area contributed by atoms with E-state index in [1.807, 2.05) is 31.2 Å². The summed E-state index contributed by atoms with van der Waals surface area (Å²) in [5.74, 6) is 1.16. The number of fused-ring (bicyclic) bond motifs is 1. The molecule has 0 spiro atoms. The lowest BCUT2D eigenvalue weighted by Gasteiger charge is -2.23. The van der Waals surface area contributed by atoms with Gasteiger partial charge in [0.15, 0.2) is 11.5 Å². The fourth-order valence-corrected chi connectivity index (χ4v) is 3.92. The molecule has 6 heteroatoms. The summed E-state index contributed by atoms with van der Waals surface area (Å²) < 4.78 is 12.3. The van der Waals surface area contributed by atoms with E-state index in [0.717, 1.165) is 28.1 Å². The van der Waals surface area contributed by atoms with Crippen molar-refractivity contribution in [3.8, 4) is 11.5 Å². The molecule has 28 heavy (non-hydrogen) atoms. The molecule has 0 aliphatic carbocycles. The Kier molecular flexibility index (Phi) is 6.52. The van der Waals surface area contributed by atoms with Gasteiger partial charge in [0.1, 0.15) is 5.01 Å². The topological polar surface area (TPSA) is 51.7 Å². The van der Waals surface area contributed by atoms with Gasteiger partial charge in [-0.05, 0) is 43.7 Å². The van der Waals surface area contributed by atoms with Crippen LogP contribution >= 0.6 is 11.3 Å². The molecule has 0 unspecified atom stereocenters. The van der Waals surface area contributed by atoms with Crippen molar-refractivity contribution in [3.63, 3.8) is 0 Å². The van der Waals surface area contributed by atoms with Gasteiger partial charge in [0.2, 0.25) is 0 Å². The van der Waals surface area contributed by atoms with Gasteiger partial charge in [-0.3, -0.25) is 4.79 Å². The number of ether oxygens (including phenoxy) is 2. The van der Waals surface area contributed by atoms with Crippen molar-refractivity contribution in [1.29, 1.82) is 0 Å². The number of aromatic nitrogens is 1. The molecule has 0 N–H and O–H groups in total. The van der Waals surface area contributed by atoms with Crippen LogP contribution in [0, 0.1) is 0 Å². The van der Waals surface area contributed by atoms with Crippen LogP contribution in [0.4, 0.5) is 0 Å². The SMILES string of the molecule is CCCCOc1ccc(C(=O)N(C)[C@@H](C)c2nc3ccccc3s2)cc1OC. The van der Waals surface area contributed by atoms with Crippen LogP contribution in [0.2, 0.25) is 0 Å². The van der Waals surface area contributed by atoms with E-state index in [1.165, 1.54) is 0 Å². The second kappa shape index (κ2) is 9.06. The second-order valence-corrected chi connectivity index (χ2v) is 7.74. The Hall–Kier alpha value is -2.60. The number of rotatable bonds is 8. The van der Waals surface area contributed by atoms with Gasteiger partial charge >= 0.3 is 0 Å². The van der Waals surface area contributed by atoms with Crippen molar-refractivity contribution in [3.05, 3.63) is 53.0 Å². The molecule has 2 aromatic carbocycles. The van der Waals surface area contributed by atoms with E-state index in [1.54, 1.807) is 48.6 Å². The summed E-state index contributed by atoms with van der Waals surface area (Å²) in [5.41, 5.74) is 1.53. The Morgan fingerprint density at radius 1 is 1.21 bits per heavy atom. The number of amides is 1. The molecule has 3 aromatic rings. The maximum Gasteiger partial charge on any atom is 0.254 e. The first kappa shape index (κ1) is 20.1. The molecule has 1 heterocycles. The Morgan fingerprint density at radius 3 is 2.71 bits per heavy atom. The minimum atomic E-state index is -0.128. The van der Waals surface area contributed by atoms with Crippen molar-refractivity contribution in [1.82, 2.24) is 9.88 Å². The molecule has 0 saturated carbocycles. The number of unbranched alkanes of at least 4 members (excludes halogenated alkanes) is 1. The molecule has 0 saturated heterocycles. The number of hydrogen-bond acceptors (Lipinski definition) is 5. The van der Waals surface area contributed by atoms with Crippen molar-refractivity contribution in [2.75, 3.05) is 20.8 Å². The van der Waals surface area contributed by atoms with E-state index < -0.39 is 0 Å². The number of carbonyl (C=O) groups is 1. The minimum Gasteiger partial charge on any atom is -0.493 e. The van der Waals surface area contributed by atoms with Crippen LogP contribution in [0.1, 0.15) is 48.1 Å². The average molecular weight is 399 g/mol. The van der Waals surface area contributed by atoms with Crippen molar-refractivity contribution < 1.29 is 14.3 Å². The zero-order valence-electron chi connectivity index (χ0n) is 16.8. The smallest absolute Gasteiger partial charge is 0.254 e. The molecule has 0 bridgehead atoms. The standard InChI is InChI=1S/C22H26N2O3S/c1-5-6-13-27-18-12-11-16(14-19(18)26-4)22(25)24(3)15(2)21-23-17-9-7-8-10-20(17)28-21/h7-12,14-15H,5-6,13H2,1-4H3/t15-/m0/s1. The van der Waals surface area contributed by atoms with E-state index >= 15 is 0 Å². The molecule has 148 valence electrons. The third-order valence-corrected chi connectivity index (χ3v) is 5.94. The fraction of sp³-hybridized carbons (Fsp3) is 0.364. The predicted molar refractivity (Wildman–Crippen MR) is 114 cm³/mol. The minimum absolute atomic E-state index is 0.0786. The zero-order valence-corrected chi connectivity index (χ0v) is 17.6. The lowest BCUT2D eigenvalue weighted by molar-refractivity contribution is 0.0742. The van der Waals surface area contributed by atoms with Gasteiger partial charge in [-0.25, -0.2) is 4.98 Å². The molecule has 1 amide bonds. The highest BCUT2D eigenvalue weighted by atomic mass is 32.1. The first-order valence-corrected chi connectivity index (χ1v) is 10.3. The molecule has 3 rings (SSSR count). The normalized spacial score (nSPS) is 12.0. The number of methoxy groups -OCH3 is 1. The lowest BCUT2D eigenvalue weighted by atomic mass is 10.1. The van der Waals surface area contributed by atoms with Crippen LogP contribution in [0.15, 0.2) is 42.5 Å². The summed E-state index contributed by atoms with van der Waals surface area (Å²) in [5, 5.41) is 0.920. The first-order chi connectivity index (χ1) is 13.5. The molecule has 0 radical (unpaired) electrons. The van der Waals surface area contributed by atoms with E-state index in [0.29, 0.717) is 23.7 Å². The highest BCUT2D eigenvalue weighted by Gasteiger charge is 2.23. The van der Waals surface area contributed by atoms with Gasteiger partial charge in [-0.15, -0.1) is 11.3 Å². The Bertz CT molecular complexity index is 921. The quantitative estimate of drug-likeness (QED) is 0.482. The fourth-order valence-electron chi connectivity index (χ4n) is 2.86. The van der Waals surface area contributed by atoms with E-state index in [4.69, 9.17) is 9.47 Å². The summed E-state index contributed by atoms with van der Waals surface area (Å²) in [4.78, 5) is 19.4. The summed E-state index contributed by atoms with van der Waals surface area (Å²) >= 11 is 1.62. The number of benzene rings is 2. The highest BCUT2D eigenvalue weighted by Crippen LogP contribution is 2.32. The largest absolute Gasteiger partial charge is 0.493 e. The van der Waals surface area contributed by atoms with E-state index in [-0.39, 0.29) is 11.9 Å². The molecule has 0 aliphatic rings. The Labute approximate surface area is 169 Å². The van der Waals surface area contributed by atoms with Crippen LogP contribution in [-0.2, 0) is 0 Å². The molecule has 5 nitrogen and oxygen atoms in total. The van der Waals surface area contributed by atoms with E-state index in [9.17, 15) is 4.79 Å². The third-order valence-electron chi connectivity index (χ3n) is 4.74. The van der Waals surface area contributed by atoms with Gasteiger partial charge in [0, 0.05) is 12.6 Å². The van der Waals surface area contributed by atoms with Gasteiger partial charge in [-0.1, -0.05) is 25.5 Å². The van der Waals surface area contributed by atoms with Gasteiger partial charge in [0.05, 0.1) is 30.0 Å². The third kappa shape index (κ3) is 4.28. The first-order valence-electron chi connectivity index (χ1n) is 9.48. The monoisotopic (exact) mass is 398 g/mol. The molecule has 1 aromatic heterocycles. The number of carbonyl (C=O) groups excluding carboxylic acids is 1. The molecule has 0 fully saturated rings. The molecule has 1 atom stereocenters. The van der Waals surface area contributed by atoms with Crippen molar-refractivity contribution in [2.45, 2.75) is 32.7 Å². The molecular weight excluding hydrogens is 372 g/mol. The number of para-hydroxylation sites is 1. The summed E-state index contributed by atoms with van der Waals surface area (Å²) in [6.45, 7) is 4.74. The van der Waals surface area contributed by atoms with Gasteiger partial charge in [0.25, 0.3) is 5.91 Å². The molecular formula is C22H26N2O3S. The number of thiazole rings is 1. The Balaban J connectivity index is 1.78. The van der Waals surface area contributed by atoms with Crippen LogP contribution in [0.3, 0.4) is 0 Å². The van der Waals surface area contributed by atoms with Gasteiger partial charge < -0.3 is 14.4 Å². The van der Waals surface area contributed by atoms with Crippen LogP contribution < -0.4 is 9.47 Å². The maximum absolute atomic E-state index is 13.0. The lowest BCUT2D eigenvalue weighted by Crippen LogP contribution is -2.29. The summed E-state index contributed by atoms with van der Waals surface area (Å²) in [6.07, 6.45) is 2.04. The summed E-state index contributed by atoms with van der Waals surface area (Å²) in [6, 6.07) is 13.2. The van der Waals surface area contributed by atoms with Crippen LogP contribution in [0.5, 0.6) is 11.5 Å². The van der Waals surface area contributed by atoms with Crippen LogP contribution in [0.25, 0.3) is 10.2 Å². The Morgan fingerprint density at radius 2 is 2.00 bits per heavy atom. The average Bonchev–Trinajstić information content (AvgIpc) is 3.16. The van der Waals surface area contributed by atoms with Crippen LogP contribution in [-0.4, -0.2) is 36.6 Å². The summed E-state index contributed by atoms with van der Waals surface area (Å²) in [7, 11) is 3.39. The van der Waals surface area contributed by atoms with Crippen molar-refractivity contribution >= 4 is 27.5 Å². The van der Waals surface area contributed by atoms with Gasteiger partial charge in [-0.2, -0.15) is 0 Å². The van der Waals surface area contributed by atoms with E-state index in [2.05, 4.69) is 11.9 Å². The highest BCUT2D eigenvalue weighted by molar-refractivity contribution is 7.18. The molecule has 0 aliphatic heterocycles. The number of nitrogens with zero attached hydrogens (tertiary/aromatic N) is 2. The predicted octanol–water partition coefficient (Wildman–Crippen LogP) is 5.32. The maximum atomic E-state index is 13.0. The van der Waals surface area contributed by atoms with Crippen molar-refractivity contribution in [2.24, 2.45) is 0 Å².